The Morgan fingerprint density at radius 3 is 2.32 bits per heavy atom. The van der Waals surface area contributed by atoms with Crippen molar-refractivity contribution < 1.29 is 14.3 Å². The Labute approximate surface area is 210 Å². The molecule has 0 fully saturated rings. The number of rotatable bonds is 10. The molecule has 0 radical (unpaired) electrons. The van der Waals surface area contributed by atoms with Crippen LogP contribution in [0.25, 0.3) is 0 Å². The van der Waals surface area contributed by atoms with Gasteiger partial charge in [0.15, 0.2) is 6.61 Å². The van der Waals surface area contributed by atoms with Gasteiger partial charge in [0.05, 0.1) is 0 Å². The standard InChI is InChI=1S/C28H31BrN2O3/c1-4-30-28(33)25(17-22-8-6-5-7-9-22)31(18-23-11-13-24(29)14-12-23)27(32)19-34-26-15-10-20(2)16-21(26)3/h5-16,25H,4,17-19H2,1-3H3,(H,30,33)/t25-/m0/s1. The maximum Gasteiger partial charge on any atom is 0.261 e. The normalized spacial score (nSPS) is 11.5. The van der Waals surface area contributed by atoms with Gasteiger partial charge in [0.1, 0.15) is 11.8 Å². The van der Waals surface area contributed by atoms with Gasteiger partial charge in [-0.3, -0.25) is 9.59 Å². The molecule has 6 heteroatoms. The molecule has 3 aromatic carbocycles. The molecule has 0 aliphatic rings. The van der Waals surface area contributed by atoms with Crippen molar-refractivity contribution in [2.45, 2.75) is 39.8 Å². The third kappa shape index (κ3) is 7.19. The first kappa shape index (κ1) is 25.5. The number of hydrogen-bond donors (Lipinski definition) is 1. The first-order valence-corrected chi connectivity index (χ1v) is 12.2. The van der Waals surface area contributed by atoms with E-state index in [9.17, 15) is 9.59 Å². The Bertz CT molecular complexity index is 1100. The average molecular weight is 523 g/mol. The Morgan fingerprint density at radius 1 is 0.971 bits per heavy atom. The molecule has 3 aromatic rings. The van der Waals surface area contributed by atoms with Gasteiger partial charge in [-0.05, 0) is 55.7 Å². The monoisotopic (exact) mass is 522 g/mol. The molecule has 0 heterocycles. The van der Waals surface area contributed by atoms with Crippen LogP contribution in [0.15, 0.2) is 77.3 Å². The number of carbonyl (C=O) groups excluding carboxylic acids is 2. The molecule has 0 saturated heterocycles. The molecular formula is C28H31BrN2O3. The van der Waals surface area contributed by atoms with E-state index >= 15 is 0 Å². The summed E-state index contributed by atoms with van der Waals surface area (Å²) in [6.45, 7) is 6.50. The Morgan fingerprint density at radius 2 is 1.68 bits per heavy atom. The molecule has 1 N–H and O–H groups in total. The van der Waals surface area contributed by atoms with Crippen LogP contribution in [0, 0.1) is 13.8 Å². The highest BCUT2D eigenvalue weighted by atomic mass is 79.9. The van der Waals surface area contributed by atoms with E-state index in [1.807, 2.05) is 93.6 Å². The van der Waals surface area contributed by atoms with E-state index < -0.39 is 6.04 Å². The predicted octanol–water partition coefficient (Wildman–Crippen LogP) is 5.22. The number of nitrogens with one attached hydrogen (secondary N) is 1. The summed E-state index contributed by atoms with van der Waals surface area (Å²) in [4.78, 5) is 28.3. The molecule has 2 amide bonds. The highest BCUT2D eigenvalue weighted by molar-refractivity contribution is 9.10. The Hall–Kier alpha value is -3.12. The molecule has 0 aromatic heterocycles. The number of benzene rings is 3. The van der Waals surface area contributed by atoms with Crippen molar-refractivity contribution in [3.05, 3.63) is 99.5 Å². The smallest absolute Gasteiger partial charge is 0.261 e. The summed E-state index contributed by atoms with van der Waals surface area (Å²) in [5.41, 5.74) is 4.03. The van der Waals surface area contributed by atoms with Crippen LogP contribution in [-0.4, -0.2) is 35.9 Å². The molecule has 0 spiro atoms. The van der Waals surface area contributed by atoms with Gasteiger partial charge in [-0.2, -0.15) is 0 Å². The van der Waals surface area contributed by atoms with Gasteiger partial charge in [0, 0.05) is 24.0 Å². The predicted molar refractivity (Wildman–Crippen MR) is 139 cm³/mol. The molecule has 0 saturated carbocycles. The number of likely N-dealkylation sites (N-methyl/N-ethyl adjacent to an activating group) is 1. The lowest BCUT2D eigenvalue weighted by atomic mass is 10.0. The lowest BCUT2D eigenvalue weighted by molar-refractivity contribution is -0.142. The first-order valence-electron chi connectivity index (χ1n) is 11.4. The fraction of sp³-hybridized carbons (Fsp3) is 0.286. The molecular weight excluding hydrogens is 492 g/mol. The lowest BCUT2D eigenvalue weighted by Crippen LogP contribution is -2.51. The summed E-state index contributed by atoms with van der Waals surface area (Å²) in [5.74, 6) is 0.249. The van der Waals surface area contributed by atoms with Gasteiger partial charge < -0.3 is 15.0 Å². The maximum absolute atomic E-state index is 13.5. The maximum atomic E-state index is 13.5. The quantitative estimate of drug-likeness (QED) is 0.397. The van der Waals surface area contributed by atoms with E-state index in [0.29, 0.717) is 25.3 Å². The van der Waals surface area contributed by atoms with Gasteiger partial charge in [-0.15, -0.1) is 0 Å². The molecule has 0 aliphatic heterocycles. The van der Waals surface area contributed by atoms with Crippen LogP contribution in [0.3, 0.4) is 0 Å². The summed E-state index contributed by atoms with van der Waals surface area (Å²) in [5, 5.41) is 2.90. The average Bonchev–Trinajstić information content (AvgIpc) is 2.82. The number of halogens is 1. The molecule has 34 heavy (non-hydrogen) atoms. The molecule has 3 rings (SSSR count). The summed E-state index contributed by atoms with van der Waals surface area (Å²) in [6, 6.07) is 22.7. The highest BCUT2D eigenvalue weighted by Gasteiger charge is 2.30. The van der Waals surface area contributed by atoms with Crippen molar-refractivity contribution in [1.29, 1.82) is 0 Å². The van der Waals surface area contributed by atoms with Gasteiger partial charge in [0.25, 0.3) is 5.91 Å². The van der Waals surface area contributed by atoms with Gasteiger partial charge in [-0.1, -0.05) is 76.1 Å². The van der Waals surface area contributed by atoms with Crippen LogP contribution in [0.1, 0.15) is 29.2 Å². The van der Waals surface area contributed by atoms with Crippen molar-refractivity contribution in [2.75, 3.05) is 13.2 Å². The molecule has 0 aliphatic carbocycles. The van der Waals surface area contributed by atoms with E-state index in [1.54, 1.807) is 4.90 Å². The topological polar surface area (TPSA) is 58.6 Å². The van der Waals surface area contributed by atoms with Crippen LogP contribution < -0.4 is 10.1 Å². The Kier molecular flexibility index (Phi) is 9.28. The van der Waals surface area contributed by atoms with Crippen LogP contribution in [0.5, 0.6) is 5.75 Å². The van der Waals surface area contributed by atoms with Gasteiger partial charge in [0.2, 0.25) is 5.91 Å². The van der Waals surface area contributed by atoms with E-state index in [1.165, 1.54) is 0 Å². The van der Waals surface area contributed by atoms with Gasteiger partial charge in [-0.25, -0.2) is 0 Å². The van der Waals surface area contributed by atoms with E-state index in [0.717, 1.165) is 26.7 Å². The van der Waals surface area contributed by atoms with Crippen LogP contribution >= 0.6 is 15.9 Å². The Balaban J connectivity index is 1.89. The van der Waals surface area contributed by atoms with Crippen molar-refractivity contribution in [3.63, 3.8) is 0 Å². The minimum absolute atomic E-state index is 0.148. The second kappa shape index (κ2) is 12.4. The van der Waals surface area contributed by atoms with Crippen LogP contribution in [-0.2, 0) is 22.6 Å². The first-order chi connectivity index (χ1) is 16.4. The van der Waals surface area contributed by atoms with Crippen LogP contribution in [0.4, 0.5) is 0 Å². The zero-order valence-corrected chi connectivity index (χ0v) is 21.5. The third-order valence-corrected chi connectivity index (χ3v) is 6.10. The summed E-state index contributed by atoms with van der Waals surface area (Å²) in [6.07, 6.45) is 0.415. The lowest BCUT2D eigenvalue weighted by Gasteiger charge is -2.31. The fourth-order valence-electron chi connectivity index (χ4n) is 3.82. The SMILES string of the molecule is CCNC(=O)[C@H](Cc1ccccc1)N(Cc1ccc(Br)cc1)C(=O)COc1ccc(C)cc1C. The molecule has 5 nitrogen and oxygen atoms in total. The largest absolute Gasteiger partial charge is 0.483 e. The van der Waals surface area contributed by atoms with E-state index in [-0.39, 0.29) is 18.4 Å². The minimum atomic E-state index is -0.666. The van der Waals surface area contributed by atoms with Crippen molar-refractivity contribution in [2.24, 2.45) is 0 Å². The highest BCUT2D eigenvalue weighted by Crippen LogP contribution is 2.20. The molecule has 1 atom stereocenters. The summed E-state index contributed by atoms with van der Waals surface area (Å²) < 4.78 is 6.86. The third-order valence-electron chi connectivity index (χ3n) is 5.57. The number of amides is 2. The number of carbonyl (C=O) groups is 2. The van der Waals surface area contributed by atoms with E-state index in [4.69, 9.17) is 4.74 Å². The van der Waals surface area contributed by atoms with Crippen molar-refractivity contribution in [1.82, 2.24) is 10.2 Å². The molecule has 178 valence electrons. The van der Waals surface area contributed by atoms with Crippen molar-refractivity contribution >= 4 is 27.7 Å². The summed E-state index contributed by atoms with van der Waals surface area (Å²) in [7, 11) is 0. The zero-order chi connectivity index (χ0) is 24.5. The zero-order valence-electron chi connectivity index (χ0n) is 19.9. The molecule has 0 bridgehead atoms. The van der Waals surface area contributed by atoms with Crippen molar-refractivity contribution in [3.8, 4) is 5.75 Å². The molecule has 0 unspecified atom stereocenters. The number of aryl methyl sites for hydroxylation is 2. The van der Waals surface area contributed by atoms with Crippen LogP contribution in [0.2, 0.25) is 0 Å². The summed E-state index contributed by atoms with van der Waals surface area (Å²) >= 11 is 3.46. The number of nitrogens with zero attached hydrogens (tertiary/aromatic N) is 1. The number of hydrogen-bond acceptors (Lipinski definition) is 3. The fourth-order valence-corrected chi connectivity index (χ4v) is 4.08. The second-order valence-corrected chi connectivity index (χ2v) is 9.22. The second-order valence-electron chi connectivity index (χ2n) is 8.31. The number of ether oxygens (including phenoxy) is 1. The minimum Gasteiger partial charge on any atom is -0.483 e. The van der Waals surface area contributed by atoms with Gasteiger partial charge >= 0.3 is 0 Å². The van der Waals surface area contributed by atoms with E-state index in [2.05, 4.69) is 21.2 Å².